The zero-order valence-corrected chi connectivity index (χ0v) is 18.4. The summed E-state index contributed by atoms with van der Waals surface area (Å²) in [6, 6.07) is 0. The average Bonchev–Trinajstić information content (AvgIpc) is 2.89. The van der Waals surface area contributed by atoms with Crippen LogP contribution < -0.4 is 0 Å². The maximum atomic E-state index is 4.71. The van der Waals surface area contributed by atoms with Gasteiger partial charge in [0, 0.05) is 0 Å². The molecule has 0 spiro atoms. The fourth-order valence-electron chi connectivity index (χ4n) is 5.25. The van der Waals surface area contributed by atoms with Crippen LogP contribution in [0.1, 0.15) is 81.1 Å². The first-order valence-corrected chi connectivity index (χ1v) is 9.64. The molecule has 0 aromatic heterocycles. The molecule has 144 valence electrons. The second-order valence-electron chi connectivity index (χ2n) is 10.9. The summed E-state index contributed by atoms with van der Waals surface area (Å²) < 4.78 is 0. The minimum Gasteiger partial charge on any atom is -0.673 e. The van der Waals surface area contributed by atoms with Crippen LogP contribution >= 0.6 is 0 Å². The Morgan fingerprint density at radius 1 is 0.480 bits per heavy atom. The van der Waals surface area contributed by atoms with Gasteiger partial charge in [-0.2, -0.15) is 0 Å². The van der Waals surface area contributed by atoms with Gasteiger partial charge in [-0.05, 0) is 0 Å². The van der Waals surface area contributed by atoms with Gasteiger partial charge in [0.05, 0.1) is 0 Å². The van der Waals surface area contributed by atoms with Crippen molar-refractivity contribution in [3.8, 4) is 0 Å². The quantitative estimate of drug-likeness (QED) is 0.452. The molecule has 0 atom stereocenters. The van der Waals surface area contributed by atoms with E-state index in [4.69, 9.17) is 21.3 Å². The molecule has 0 bridgehead atoms. The SMILES string of the molecule is CC1(C)CC2CC(C)(C)[N-]C2[N-]1.CC1(C)CC2CC(C)(C)[N-]C2[N-]1.[Fe+4]. The molecule has 0 N–H and O–H groups in total. The van der Waals surface area contributed by atoms with E-state index >= 15 is 0 Å². The van der Waals surface area contributed by atoms with Crippen LogP contribution in [-0.4, -0.2) is 34.5 Å². The smallest absolute Gasteiger partial charge is 0.673 e. The average molecular weight is 388 g/mol. The van der Waals surface area contributed by atoms with E-state index in [9.17, 15) is 0 Å². The summed E-state index contributed by atoms with van der Waals surface area (Å²) >= 11 is 0. The van der Waals surface area contributed by atoms with Crippen molar-refractivity contribution in [2.45, 2.75) is 116 Å². The molecular weight excluding hydrogens is 352 g/mol. The zero-order chi connectivity index (χ0) is 18.0. The van der Waals surface area contributed by atoms with Gasteiger partial charge in [-0.1, -0.05) is 92.9 Å². The van der Waals surface area contributed by atoms with Crippen LogP contribution in [0.15, 0.2) is 0 Å². The van der Waals surface area contributed by atoms with Crippen molar-refractivity contribution in [3.05, 3.63) is 21.3 Å². The fourth-order valence-corrected chi connectivity index (χ4v) is 5.25. The largest absolute Gasteiger partial charge is 4.00 e. The van der Waals surface area contributed by atoms with Gasteiger partial charge in [-0.3, -0.25) is 0 Å². The second kappa shape index (κ2) is 6.75. The third kappa shape index (κ3) is 5.21. The maximum absolute atomic E-state index is 4.71. The third-order valence-electron chi connectivity index (χ3n) is 5.82. The zero-order valence-electron chi connectivity index (χ0n) is 17.3. The summed E-state index contributed by atoms with van der Waals surface area (Å²) in [7, 11) is 0. The monoisotopic (exact) mass is 388 g/mol. The Hall–Kier alpha value is 0.359. The number of rotatable bonds is 0. The van der Waals surface area contributed by atoms with Crippen molar-refractivity contribution in [3.63, 3.8) is 0 Å². The van der Waals surface area contributed by atoms with E-state index in [1.54, 1.807) is 0 Å². The first-order chi connectivity index (χ1) is 10.8. The molecule has 0 unspecified atom stereocenters. The molecule has 25 heavy (non-hydrogen) atoms. The Morgan fingerprint density at radius 2 is 0.680 bits per heavy atom. The van der Waals surface area contributed by atoms with Crippen molar-refractivity contribution in [2.24, 2.45) is 11.8 Å². The molecule has 4 aliphatic heterocycles. The molecule has 4 saturated heterocycles. The van der Waals surface area contributed by atoms with Gasteiger partial charge in [0.15, 0.2) is 0 Å². The van der Waals surface area contributed by atoms with Gasteiger partial charge in [0.25, 0.3) is 0 Å². The van der Waals surface area contributed by atoms with Crippen molar-refractivity contribution < 1.29 is 17.1 Å². The summed E-state index contributed by atoms with van der Waals surface area (Å²) in [6.07, 6.45) is 5.54. The third-order valence-corrected chi connectivity index (χ3v) is 5.82. The predicted octanol–water partition coefficient (Wildman–Crippen LogP) is 6.08. The normalized spacial score (nSPS) is 41.3. The molecule has 0 radical (unpaired) electrons. The molecule has 0 saturated carbocycles. The van der Waals surface area contributed by atoms with E-state index in [0.717, 1.165) is 11.8 Å². The predicted molar refractivity (Wildman–Crippen MR) is 103 cm³/mol. The minimum absolute atomic E-state index is 0. The molecule has 0 aromatic carbocycles. The topological polar surface area (TPSA) is 56.4 Å². The molecule has 0 amide bonds. The molecule has 5 heteroatoms. The Balaban J connectivity index is 0.000000173. The van der Waals surface area contributed by atoms with E-state index in [-0.39, 0.29) is 39.2 Å². The van der Waals surface area contributed by atoms with Crippen LogP contribution in [0.4, 0.5) is 0 Å². The first kappa shape index (κ1) is 21.7. The van der Waals surface area contributed by atoms with Crippen LogP contribution in [0.5, 0.6) is 0 Å². The van der Waals surface area contributed by atoms with Gasteiger partial charge in [-0.25, -0.2) is 12.3 Å². The number of nitrogens with zero attached hydrogens (tertiary/aromatic N) is 4. The summed E-state index contributed by atoms with van der Waals surface area (Å²) in [6.45, 7) is 17.7. The molecule has 4 rings (SSSR count). The Labute approximate surface area is 165 Å². The van der Waals surface area contributed by atoms with E-state index in [0.29, 0.717) is 12.3 Å². The van der Waals surface area contributed by atoms with Gasteiger partial charge in [-0.15, -0.1) is 22.2 Å². The summed E-state index contributed by atoms with van der Waals surface area (Å²) in [5.41, 5.74) is 0.759. The molecular formula is C20H36FeN4. The first-order valence-electron chi connectivity index (χ1n) is 9.64. The second-order valence-corrected chi connectivity index (χ2v) is 10.9. The van der Waals surface area contributed by atoms with Gasteiger partial charge in [0.2, 0.25) is 0 Å². The van der Waals surface area contributed by atoms with Crippen molar-refractivity contribution in [2.75, 3.05) is 0 Å². The molecule has 4 fully saturated rings. The summed E-state index contributed by atoms with van der Waals surface area (Å²) in [5.74, 6) is 1.46. The minimum atomic E-state index is 0. The summed E-state index contributed by atoms with van der Waals surface area (Å²) in [4.78, 5) is 0. The van der Waals surface area contributed by atoms with Crippen LogP contribution in [0, 0.1) is 11.8 Å². The van der Waals surface area contributed by atoms with E-state index in [1.165, 1.54) is 25.7 Å². The van der Waals surface area contributed by atoms with Gasteiger partial charge >= 0.3 is 17.1 Å². The summed E-state index contributed by atoms with van der Waals surface area (Å²) in [5, 5.41) is 18.8. The van der Waals surface area contributed by atoms with Crippen molar-refractivity contribution >= 4 is 0 Å². The standard InChI is InChI=1S/2C10H18N2.Fe/c2*1-9(2)5-7-6-10(3,4)12-8(7)11-9;/h2*7-8H,5-6H2,1-4H3;/q2*-2;+4. The Bertz CT molecular complexity index is 366. The maximum Gasteiger partial charge on any atom is 4.00 e. The van der Waals surface area contributed by atoms with E-state index in [1.807, 2.05) is 0 Å². The van der Waals surface area contributed by atoms with Gasteiger partial charge in [0.1, 0.15) is 0 Å². The van der Waals surface area contributed by atoms with Crippen LogP contribution in [-0.2, 0) is 17.1 Å². The number of hydrogen-bond acceptors (Lipinski definition) is 0. The molecule has 0 aromatic rings. The number of fused-ring (bicyclic) bond motifs is 2. The molecule has 0 aliphatic carbocycles. The Morgan fingerprint density at radius 3 is 0.840 bits per heavy atom. The molecule has 4 heterocycles. The molecule has 4 nitrogen and oxygen atoms in total. The number of hydrogen-bond donors (Lipinski definition) is 0. The van der Waals surface area contributed by atoms with Crippen molar-refractivity contribution in [1.82, 2.24) is 0 Å². The van der Waals surface area contributed by atoms with Crippen LogP contribution in [0.25, 0.3) is 21.3 Å². The van der Waals surface area contributed by atoms with Crippen molar-refractivity contribution in [1.29, 1.82) is 0 Å². The Kier molecular flexibility index (Phi) is 5.85. The molecule has 4 aliphatic rings. The van der Waals surface area contributed by atoms with E-state index in [2.05, 4.69) is 55.4 Å². The van der Waals surface area contributed by atoms with Crippen LogP contribution in [0.3, 0.4) is 0 Å². The van der Waals surface area contributed by atoms with Gasteiger partial charge < -0.3 is 21.3 Å². The van der Waals surface area contributed by atoms with E-state index < -0.39 is 0 Å². The fraction of sp³-hybridized carbons (Fsp3) is 1.00. The van der Waals surface area contributed by atoms with Crippen LogP contribution in [0.2, 0.25) is 0 Å².